The number of nitrogens with zero attached hydrogens (tertiary/aromatic N) is 1. The van der Waals surface area contributed by atoms with Gasteiger partial charge in [-0.3, -0.25) is 0 Å². The molecule has 0 N–H and O–H groups in total. The van der Waals surface area contributed by atoms with Gasteiger partial charge in [-0.1, -0.05) is 68.5 Å². The number of allylic oxidation sites excluding steroid dienone is 3. The van der Waals surface area contributed by atoms with Crippen LogP contribution < -0.4 is 9.47 Å². The maximum Gasteiger partial charge on any atom is 0.174 e. The highest BCUT2D eigenvalue weighted by atomic mass is 16.5. The summed E-state index contributed by atoms with van der Waals surface area (Å²) in [7, 11) is 3.41. The Morgan fingerprint density at radius 2 is 1.66 bits per heavy atom. The highest BCUT2D eigenvalue weighted by Crippen LogP contribution is 2.58. The Balaban J connectivity index is 1.51. The van der Waals surface area contributed by atoms with Gasteiger partial charge in [-0.2, -0.15) is 5.26 Å². The molecule has 0 saturated carbocycles. The van der Waals surface area contributed by atoms with Crippen molar-refractivity contribution in [2.24, 2.45) is 0 Å². The zero-order valence-corrected chi connectivity index (χ0v) is 23.7. The zero-order chi connectivity index (χ0) is 28.4. The zero-order valence-electron chi connectivity index (χ0n) is 23.7. The number of methoxy groups -OCH3 is 2. The molecule has 4 heteroatoms. The molecule has 3 aliphatic rings. The van der Waals surface area contributed by atoms with Crippen molar-refractivity contribution < 1.29 is 14.2 Å². The van der Waals surface area contributed by atoms with Crippen molar-refractivity contribution in [2.45, 2.75) is 37.7 Å². The van der Waals surface area contributed by atoms with Gasteiger partial charge in [0, 0.05) is 28.3 Å². The van der Waals surface area contributed by atoms with Crippen LogP contribution in [0.1, 0.15) is 54.5 Å². The molecular weight excluding hydrogens is 506 g/mol. The lowest BCUT2D eigenvalue weighted by Gasteiger charge is -2.40. The van der Waals surface area contributed by atoms with Gasteiger partial charge in [0.15, 0.2) is 5.60 Å². The molecule has 2 aliphatic carbocycles. The molecule has 1 atom stereocenters. The number of fused-ring (bicyclic) bond motifs is 8. The van der Waals surface area contributed by atoms with Gasteiger partial charge in [0.25, 0.3) is 0 Å². The van der Waals surface area contributed by atoms with E-state index in [9.17, 15) is 5.26 Å². The van der Waals surface area contributed by atoms with Crippen molar-refractivity contribution in [1.82, 2.24) is 0 Å². The average molecular weight is 538 g/mol. The van der Waals surface area contributed by atoms with E-state index in [2.05, 4.69) is 92.8 Å². The molecule has 0 fully saturated rings. The van der Waals surface area contributed by atoms with Crippen LogP contribution in [0.2, 0.25) is 0 Å². The quantitative estimate of drug-likeness (QED) is 0.262. The largest absolute Gasteiger partial charge is 0.501 e. The molecule has 202 valence electrons. The predicted molar refractivity (Wildman–Crippen MR) is 163 cm³/mol. The normalized spacial score (nSPS) is 19.7. The van der Waals surface area contributed by atoms with Gasteiger partial charge in [0.1, 0.15) is 11.5 Å². The van der Waals surface area contributed by atoms with E-state index in [1.54, 1.807) is 14.2 Å². The molecule has 1 heterocycles. The summed E-state index contributed by atoms with van der Waals surface area (Å²) in [5, 5.41) is 11.9. The summed E-state index contributed by atoms with van der Waals surface area (Å²) in [6.07, 6.45) is 10.3. The highest BCUT2D eigenvalue weighted by Gasteiger charge is 2.45. The Labute approximate surface area is 240 Å². The van der Waals surface area contributed by atoms with Gasteiger partial charge < -0.3 is 14.2 Å². The fraction of sp³-hybridized carbons (Fsp3) is 0.216. The minimum atomic E-state index is -0.782. The van der Waals surface area contributed by atoms with Crippen molar-refractivity contribution >= 4 is 16.8 Å². The Hall–Kier alpha value is -4.75. The van der Waals surface area contributed by atoms with E-state index in [4.69, 9.17) is 14.2 Å². The first-order valence-corrected chi connectivity index (χ1v) is 14.0. The van der Waals surface area contributed by atoms with E-state index < -0.39 is 5.60 Å². The maximum absolute atomic E-state index is 9.67. The van der Waals surface area contributed by atoms with Gasteiger partial charge in [-0.05, 0) is 76.1 Å². The Kier molecular flexibility index (Phi) is 5.63. The molecule has 41 heavy (non-hydrogen) atoms. The van der Waals surface area contributed by atoms with E-state index in [1.807, 2.05) is 18.2 Å². The van der Waals surface area contributed by atoms with E-state index in [0.29, 0.717) is 5.56 Å². The van der Waals surface area contributed by atoms with Crippen molar-refractivity contribution in [3.63, 3.8) is 0 Å². The first kappa shape index (κ1) is 25.2. The Morgan fingerprint density at radius 3 is 2.34 bits per heavy atom. The molecule has 7 rings (SSSR count). The SMILES string of the molecule is COC1=CC=C(C2(c3ccc(OC)cc3)C=Cc3c4c(c5ccccc5c3O2)-c2ccc(C#N)cc2C4(C)C)CC1. The molecule has 0 aromatic heterocycles. The molecule has 4 nitrogen and oxygen atoms in total. The third-order valence-electron chi connectivity index (χ3n) is 9.04. The number of rotatable bonds is 4. The van der Waals surface area contributed by atoms with Gasteiger partial charge in [0.05, 0.1) is 31.6 Å². The fourth-order valence-electron chi connectivity index (χ4n) is 6.95. The summed E-state index contributed by atoms with van der Waals surface area (Å²) < 4.78 is 18.4. The highest BCUT2D eigenvalue weighted by molar-refractivity contribution is 6.08. The number of hydrogen-bond donors (Lipinski definition) is 0. The molecule has 0 bridgehead atoms. The summed E-state index contributed by atoms with van der Waals surface area (Å²) in [5.74, 6) is 2.67. The van der Waals surface area contributed by atoms with Crippen LogP contribution in [0.5, 0.6) is 11.5 Å². The molecular formula is C37H31NO3. The average Bonchev–Trinajstić information content (AvgIpc) is 3.27. The topological polar surface area (TPSA) is 51.5 Å². The minimum Gasteiger partial charge on any atom is -0.501 e. The summed E-state index contributed by atoms with van der Waals surface area (Å²) in [6.45, 7) is 4.52. The van der Waals surface area contributed by atoms with Crippen molar-refractivity contribution in [3.05, 3.63) is 124 Å². The summed E-state index contributed by atoms with van der Waals surface area (Å²) in [4.78, 5) is 0. The number of ether oxygens (including phenoxy) is 3. The van der Waals surface area contributed by atoms with E-state index in [-0.39, 0.29) is 5.41 Å². The molecule has 0 saturated heterocycles. The third kappa shape index (κ3) is 3.59. The number of nitriles is 1. The first-order valence-electron chi connectivity index (χ1n) is 14.0. The van der Waals surface area contributed by atoms with Crippen LogP contribution in [0.25, 0.3) is 28.0 Å². The second-order valence-electron chi connectivity index (χ2n) is 11.5. The van der Waals surface area contributed by atoms with Crippen LogP contribution in [-0.2, 0) is 15.8 Å². The smallest absolute Gasteiger partial charge is 0.174 e. The molecule has 4 aromatic carbocycles. The van der Waals surface area contributed by atoms with Crippen molar-refractivity contribution in [1.29, 1.82) is 5.26 Å². The van der Waals surface area contributed by atoms with Gasteiger partial charge >= 0.3 is 0 Å². The molecule has 4 aromatic rings. The summed E-state index contributed by atoms with van der Waals surface area (Å²) in [6, 6.07) is 25.2. The monoisotopic (exact) mass is 537 g/mol. The summed E-state index contributed by atoms with van der Waals surface area (Å²) in [5.41, 5.74) is 7.77. The number of benzene rings is 4. The maximum atomic E-state index is 9.67. The molecule has 0 radical (unpaired) electrons. The minimum absolute atomic E-state index is 0.306. The lowest BCUT2D eigenvalue weighted by molar-refractivity contribution is 0.151. The lowest BCUT2D eigenvalue weighted by atomic mass is 9.75. The van der Waals surface area contributed by atoms with Crippen LogP contribution in [0.4, 0.5) is 0 Å². The second kappa shape index (κ2) is 9.14. The standard InChI is InChI=1S/C37H31NO3/c1-36(2)32-21-23(22-38)9-18-30(32)33-28-7-5-6-8-29(28)35-31(34(33)36)19-20-37(41-35,24-10-14-26(39-3)15-11-24)25-12-16-27(40-4)17-13-25/h5-12,14-16,18-21H,13,17H2,1-4H3. The van der Waals surface area contributed by atoms with Crippen LogP contribution in [0, 0.1) is 11.3 Å². The molecule has 0 spiro atoms. The van der Waals surface area contributed by atoms with Crippen molar-refractivity contribution in [3.8, 4) is 28.7 Å². The fourth-order valence-corrected chi connectivity index (χ4v) is 6.95. The van der Waals surface area contributed by atoms with E-state index in [0.717, 1.165) is 52.0 Å². The molecule has 0 amide bonds. The lowest BCUT2D eigenvalue weighted by Crippen LogP contribution is -2.36. The van der Waals surface area contributed by atoms with Crippen LogP contribution >= 0.6 is 0 Å². The summed E-state index contributed by atoms with van der Waals surface area (Å²) >= 11 is 0. The Bertz CT molecular complexity index is 1870. The third-order valence-corrected chi connectivity index (χ3v) is 9.04. The van der Waals surface area contributed by atoms with Crippen molar-refractivity contribution in [2.75, 3.05) is 14.2 Å². The first-order chi connectivity index (χ1) is 19.9. The van der Waals surface area contributed by atoms with Crippen LogP contribution in [-0.4, -0.2) is 14.2 Å². The van der Waals surface area contributed by atoms with Gasteiger partial charge in [-0.25, -0.2) is 0 Å². The molecule has 1 unspecified atom stereocenters. The Morgan fingerprint density at radius 1 is 0.878 bits per heavy atom. The second-order valence-corrected chi connectivity index (χ2v) is 11.5. The number of hydrogen-bond acceptors (Lipinski definition) is 4. The van der Waals surface area contributed by atoms with Gasteiger partial charge in [-0.15, -0.1) is 0 Å². The molecule has 1 aliphatic heterocycles. The van der Waals surface area contributed by atoms with Crippen LogP contribution in [0.3, 0.4) is 0 Å². The van der Waals surface area contributed by atoms with Gasteiger partial charge in [0.2, 0.25) is 0 Å². The van der Waals surface area contributed by atoms with E-state index >= 15 is 0 Å². The predicted octanol–water partition coefficient (Wildman–Crippen LogP) is 8.58. The van der Waals surface area contributed by atoms with Crippen LogP contribution in [0.15, 0.2) is 96.3 Å². The van der Waals surface area contributed by atoms with E-state index in [1.165, 1.54) is 27.8 Å².